The Morgan fingerprint density at radius 3 is 2.60 bits per heavy atom. The molecule has 182 valence electrons. The van der Waals surface area contributed by atoms with Crippen LogP contribution in [-0.4, -0.2) is 49.1 Å². The van der Waals surface area contributed by atoms with Crippen LogP contribution in [-0.2, 0) is 11.3 Å². The summed E-state index contributed by atoms with van der Waals surface area (Å²) >= 11 is 0. The summed E-state index contributed by atoms with van der Waals surface area (Å²) in [5.41, 5.74) is 1.67. The Labute approximate surface area is 200 Å². The number of carboxylic acid groups (broad SMARTS) is 1. The van der Waals surface area contributed by atoms with Crippen molar-refractivity contribution < 1.29 is 23.2 Å². The van der Waals surface area contributed by atoms with Crippen LogP contribution < -0.4 is 4.90 Å². The Morgan fingerprint density at radius 2 is 1.94 bits per heavy atom. The number of anilines is 1. The molecule has 0 saturated heterocycles. The highest BCUT2D eigenvalue weighted by molar-refractivity contribution is 5.77. The van der Waals surface area contributed by atoms with E-state index in [1.807, 2.05) is 13.8 Å². The lowest BCUT2D eigenvalue weighted by Gasteiger charge is -2.27. The number of aromatic nitrogens is 5. The summed E-state index contributed by atoms with van der Waals surface area (Å²) in [5, 5.41) is 18.1. The van der Waals surface area contributed by atoms with Crippen molar-refractivity contribution in [3.63, 3.8) is 0 Å². The summed E-state index contributed by atoms with van der Waals surface area (Å²) < 4.78 is 35.5. The molecule has 1 unspecified atom stereocenters. The van der Waals surface area contributed by atoms with Gasteiger partial charge >= 0.3 is 5.97 Å². The van der Waals surface area contributed by atoms with E-state index in [1.165, 1.54) is 29.0 Å². The van der Waals surface area contributed by atoms with Gasteiger partial charge in [-0.3, -0.25) is 4.68 Å². The van der Waals surface area contributed by atoms with Crippen LogP contribution in [0.25, 0.3) is 22.9 Å². The molecule has 9 nitrogen and oxygen atoms in total. The molecule has 0 amide bonds. The molecular weight excluding hydrogens is 458 g/mol. The largest absolute Gasteiger partial charge is 0.480 e. The van der Waals surface area contributed by atoms with Gasteiger partial charge in [0.1, 0.15) is 29.5 Å². The minimum absolute atomic E-state index is 0.0713. The maximum absolute atomic E-state index is 14.7. The van der Waals surface area contributed by atoms with Crippen LogP contribution in [0.3, 0.4) is 0 Å². The van der Waals surface area contributed by atoms with E-state index in [-0.39, 0.29) is 35.6 Å². The normalized spacial score (nSPS) is 12.2. The fourth-order valence-electron chi connectivity index (χ4n) is 3.73. The van der Waals surface area contributed by atoms with E-state index in [9.17, 15) is 18.7 Å². The molecule has 11 heteroatoms. The van der Waals surface area contributed by atoms with Crippen LogP contribution >= 0.6 is 0 Å². The highest BCUT2D eigenvalue weighted by Crippen LogP contribution is 2.27. The fourth-order valence-corrected chi connectivity index (χ4v) is 3.73. The Kier molecular flexibility index (Phi) is 6.85. The average molecular weight is 482 g/mol. The second kappa shape index (κ2) is 10.00. The van der Waals surface area contributed by atoms with E-state index in [2.05, 4.69) is 20.2 Å². The van der Waals surface area contributed by atoms with E-state index < -0.39 is 17.8 Å². The van der Waals surface area contributed by atoms with E-state index in [0.717, 1.165) is 6.20 Å². The Hall–Kier alpha value is -4.15. The van der Waals surface area contributed by atoms with Gasteiger partial charge in [0.15, 0.2) is 17.5 Å². The summed E-state index contributed by atoms with van der Waals surface area (Å²) in [7, 11) is 1.48. The third kappa shape index (κ3) is 5.18. The van der Waals surface area contributed by atoms with Crippen molar-refractivity contribution in [2.24, 2.45) is 5.92 Å². The van der Waals surface area contributed by atoms with Crippen LogP contribution in [0.1, 0.15) is 25.8 Å². The van der Waals surface area contributed by atoms with Crippen molar-refractivity contribution in [1.82, 2.24) is 24.9 Å². The molecule has 0 radical (unpaired) electrons. The number of carboxylic acids is 1. The maximum Gasteiger partial charge on any atom is 0.326 e. The third-order valence-corrected chi connectivity index (χ3v) is 5.49. The number of benzene rings is 1. The lowest BCUT2D eigenvalue weighted by atomic mass is 10.0. The fraction of sp³-hybridized carbons (Fsp3) is 0.292. The summed E-state index contributed by atoms with van der Waals surface area (Å²) in [5.74, 6) is -2.23. The number of halogens is 2. The van der Waals surface area contributed by atoms with Gasteiger partial charge in [-0.1, -0.05) is 37.2 Å². The molecule has 3 aromatic heterocycles. The first kappa shape index (κ1) is 24.0. The predicted molar refractivity (Wildman–Crippen MR) is 123 cm³/mol. The molecule has 0 spiro atoms. The van der Waals surface area contributed by atoms with Gasteiger partial charge in [-0.15, -0.1) is 0 Å². The summed E-state index contributed by atoms with van der Waals surface area (Å²) in [6.45, 7) is 3.87. The molecule has 0 aliphatic carbocycles. The Balaban J connectivity index is 1.75. The van der Waals surface area contributed by atoms with Gasteiger partial charge in [-0.2, -0.15) is 5.10 Å². The zero-order valence-electron chi connectivity index (χ0n) is 19.4. The molecule has 0 bridgehead atoms. The first-order valence-corrected chi connectivity index (χ1v) is 10.9. The smallest absolute Gasteiger partial charge is 0.326 e. The van der Waals surface area contributed by atoms with Crippen LogP contribution in [0.5, 0.6) is 0 Å². The van der Waals surface area contributed by atoms with Crippen LogP contribution in [0.2, 0.25) is 0 Å². The van der Waals surface area contributed by atoms with Crippen molar-refractivity contribution in [3.8, 4) is 22.9 Å². The molecule has 4 aromatic rings. The van der Waals surface area contributed by atoms with Gasteiger partial charge in [0.05, 0.1) is 18.4 Å². The van der Waals surface area contributed by atoms with E-state index in [1.54, 1.807) is 30.3 Å². The number of hydrogen-bond acceptors (Lipinski definition) is 7. The number of nitrogens with zero attached hydrogens (tertiary/aromatic N) is 6. The number of aliphatic carboxylic acids is 1. The molecule has 0 fully saturated rings. The first-order chi connectivity index (χ1) is 16.7. The van der Waals surface area contributed by atoms with E-state index >= 15 is 0 Å². The standard InChI is InChI=1S/C24H24F2N6O3/c1-14(2)10-21(24(33)34)31(3)23-17(26)12-27-22(28-23)19-11-20(18-8-9-35-30-18)32(29-19)13-15-6-4-5-7-16(15)25/h4-9,11-12,14,21H,10,13H2,1-3H3,(H,33,34). The van der Waals surface area contributed by atoms with E-state index in [4.69, 9.17) is 4.52 Å². The number of hydrogen-bond donors (Lipinski definition) is 1. The van der Waals surface area contributed by atoms with Gasteiger partial charge in [-0.05, 0) is 24.5 Å². The molecule has 1 aromatic carbocycles. The van der Waals surface area contributed by atoms with Crippen molar-refractivity contribution in [2.75, 3.05) is 11.9 Å². The minimum Gasteiger partial charge on any atom is -0.480 e. The second-order valence-electron chi connectivity index (χ2n) is 8.51. The predicted octanol–water partition coefficient (Wildman–Crippen LogP) is 4.26. The molecule has 0 saturated carbocycles. The molecule has 0 aliphatic rings. The monoisotopic (exact) mass is 482 g/mol. The molecule has 0 aliphatic heterocycles. The summed E-state index contributed by atoms with van der Waals surface area (Å²) in [6, 6.07) is 8.62. The van der Waals surface area contributed by atoms with Gasteiger partial charge in [0.2, 0.25) is 0 Å². The van der Waals surface area contributed by atoms with Crippen LogP contribution in [0, 0.1) is 17.6 Å². The van der Waals surface area contributed by atoms with Crippen LogP contribution in [0.15, 0.2) is 53.4 Å². The van der Waals surface area contributed by atoms with Gasteiger partial charge in [0, 0.05) is 18.7 Å². The number of rotatable bonds is 9. The maximum atomic E-state index is 14.7. The molecule has 4 rings (SSSR count). The van der Waals surface area contributed by atoms with Crippen molar-refractivity contribution in [3.05, 3.63) is 66.1 Å². The molecule has 35 heavy (non-hydrogen) atoms. The summed E-state index contributed by atoms with van der Waals surface area (Å²) in [4.78, 5) is 21.5. The number of carbonyl (C=O) groups is 1. The van der Waals surface area contributed by atoms with Crippen molar-refractivity contribution in [1.29, 1.82) is 0 Å². The van der Waals surface area contributed by atoms with E-state index in [0.29, 0.717) is 23.4 Å². The van der Waals surface area contributed by atoms with Gasteiger partial charge < -0.3 is 14.5 Å². The highest BCUT2D eigenvalue weighted by atomic mass is 19.1. The van der Waals surface area contributed by atoms with Crippen molar-refractivity contribution in [2.45, 2.75) is 32.9 Å². The topological polar surface area (TPSA) is 110 Å². The van der Waals surface area contributed by atoms with Gasteiger partial charge in [0.25, 0.3) is 0 Å². The molecule has 1 N–H and O–H groups in total. The zero-order valence-corrected chi connectivity index (χ0v) is 19.4. The Morgan fingerprint density at radius 1 is 1.17 bits per heavy atom. The van der Waals surface area contributed by atoms with Crippen LogP contribution in [0.4, 0.5) is 14.6 Å². The van der Waals surface area contributed by atoms with Crippen molar-refractivity contribution >= 4 is 11.8 Å². The molecule has 3 heterocycles. The summed E-state index contributed by atoms with van der Waals surface area (Å²) in [6.07, 6.45) is 2.68. The minimum atomic E-state index is -1.08. The van der Waals surface area contributed by atoms with Gasteiger partial charge in [-0.25, -0.2) is 23.5 Å². The lowest BCUT2D eigenvalue weighted by Crippen LogP contribution is -2.40. The second-order valence-corrected chi connectivity index (χ2v) is 8.51. The highest BCUT2D eigenvalue weighted by Gasteiger charge is 2.28. The quantitative estimate of drug-likeness (QED) is 0.377. The Bertz CT molecular complexity index is 1320. The SMILES string of the molecule is CC(C)CC(C(=O)O)N(C)c1nc(-c2cc(-c3ccon3)n(Cc3ccccc3F)n2)ncc1F. The zero-order chi connectivity index (χ0) is 25.1. The first-order valence-electron chi connectivity index (χ1n) is 10.9. The molecule has 1 atom stereocenters. The lowest BCUT2D eigenvalue weighted by molar-refractivity contribution is -0.138. The molecular formula is C24H24F2N6O3. The average Bonchev–Trinajstić information content (AvgIpc) is 3.49. The number of likely N-dealkylation sites (N-methyl/N-ethyl adjacent to an activating group) is 1. The third-order valence-electron chi connectivity index (χ3n) is 5.49.